The third-order valence-corrected chi connectivity index (χ3v) is 4.52. The minimum absolute atomic E-state index is 0.215. The van der Waals surface area contributed by atoms with Gasteiger partial charge in [0.25, 0.3) is 5.92 Å². The zero-order valence-electron chi connectivity index (χ0n) is 15.9. The quantitative estimate of drug-likeness (QED) is 0.322. The molecule has 1 rings (SSSR count). The molecule has 0 saturated heterocycles. The Kier molecular flexibility index (Phi) is 6.33. The Morgan fingerprint density at radius 2 is 1.54 bits per heavy atom. The van der Waals surface area contributed by atoms with Gasteiger partial charge in [0.2, 0.25) is 11.3 Å². The molecule has 0 aromatic carbocycles. The van der Waals surface area contributed by atoms with Crippen LogP contribution < -0.4 is 0 Å². The van der Waals surface area contributed by atoms with E-state index in [1.807, 2.05) is 0 Å². The molecule has 0 N–H and O–H groups in total. The maximum atomic E-state index is 14.9. The summed E-state index contributed by atoms with van der Waals surface area (Å²) in [6.07, 6.45) is -9.99. The van der Waals surface area contributed by atoms with Gasteiger partial charge in [-0.15, -0.1) is 0 Å². The number of carbonyl (C=O) groups excluding carboxylic acids is 1. The number of carbonyl (C=O) groups is 1. The maximum absolute atomic E-state index is 14.9. The van der Waals surface area contributed by atoms with Gasteiger partial charge < -0.3 is 14.2 Å². The Labute approximate surface area is 156 Å². The number of ether oxygens (including phenoxy) is 3. The van der Waals surface area contributed by atoms with Crippen molar-refractivity contribution in [2.45, 2.75) is 82.4 Å². The minimum Gasteiger partial charge on any atom is -0.429 e. The molecule has 0 bridgehead atoms. The molecular formula is C16H22F8O4. The number of rotatable bonds is 5. The fraction of sp³-hybridized carbons (Fsp3) is 0.938. The first-order valence-corrected chi connectivity index (χ1v) is 8.28. The Bertz CT molecular complexity index is 581. The topological polar surface area (TPSA) is 44.8 Å². The summed E-state index contributed by atoms with van der Waals surface area (Å²) in [7, 11) is 0. The highest BCUT2D eigenvalue weighted by molar-refractivity contribution is 5.60. The predicted octanol–water partition coefficient (Wildman–Crippen LogP) is 5.64. The van der Waals surface area contributed by atoms with E-state index in [4.69, 9.17) is 0 Å². The molecule has 0 heterocycles. The zero-order chi connectivity index (χ0) is 22.4. The van der Waals surface area contributed by atoms with Crippen molar-refractivity contribution in [1.29, 1.82) is 0 Å². The summed E-state index contributed by atoms with van der Waals surface area (Å²) >= 11 is 0. The smallest absolute Gasteiger partial charge is 0.429 e. The molecule has 0 aromatic heterocycles. The Hall–Kier alpha value is -1.33. The molecular weight excluding hydrogens is 408 g/mol. The van der Waals surface area contributed by atoms with Gasteiger partial charge in [-0.1, -0.05) is 6.92 Å². The monoisotopic (exact) mass is 430 g/mol. The second-order valence-electron chi connectivity index (χ2n) is 7.68. The lowest BCUT2D eigenvalue weighted by atomic mass is 9.83. The van der Waals surface area contributed by atoms with Crippen LogP contribution in [0.3, 0.4) is 0 Å². The molecule has 3 atom stereocenters. The van der Waals surface area contributed by atoms with E-state index in [2.05, 4.69) is 14.2 Å². The summed E-state index contributed by atoms with van der Waals surface area (Å²) in [5, 5.41) is 0. The standard InChI is InChI=1S/C16H22F8O4/c1-6-9-7-13(16(22,23)24,15(20,21)14(9,19)12(5,17)18)27-8-26-10(25)28-11(2,3)4/h9H,6-8H2,1-5H3. The van der Waals surface area contributed by atoms with E-state index in [0.29, 0.717) is 0 Å². The number of hydrogen-bond acceptors (Lipinski definition) is 4. The Morgan fingerprint density at radius 1 is 1.04 bits per heavy atom. The van der Waals surface area contributed by atoms with Crippen molar-refractivity contribution in [3.05, 3.63) is 0 Å². The number of hydrogen-bond donors (Lipinski definition) is 0. The van der Waals surface area contributed by atoms with Gasteiger partial charge in [0.05, 0.1) is 0 Å². The molecule has 0 aromatic rings. The first kappa shape index (κ1) is 24.7. The van der Waals surface area contributed by atoms with Crippen LogP contribution in [0.2, 0.25) is 0 Å². The summed E-state index contributed by atoms with van der Waals surface area (Å²) in [4.78, 5) is 11.4. The Morgan fingerprint density at radius 3 is 1.86 bits per heavy atom. The molecule has 166 valence electrons. The van der Waals surface area contributed by atoms with Crippen molar-refractivity contribution in [2.75, 3.05) is 6.79 Å². The normalized spacial score (nSPS) is 31.0. The van der Waals surface area contributed by atoms with E-state index in [9.17, 15) is 39.9 Å². The summed E-state index contributed by atoms with van der Waals surface area (Å²) in [6.45, 7) is 3.27. The molecule has 0 aliphatic heterocycles. The molecule has 28 heavy (non-hydrogen) atoms. The largest absolute Gasteiger partial charge is 0.510 e. The first-order chi connectivity index (χ1) is 12.3. The van der Waals surface area contributed by atoms with Crippen molar-refractivity contribution >= 4 is 6.16 Å². The summed E-state index contributed by atoms with van der Waals surface area (Å²) in [5.41, 5.74) is -10.5. The van der Waals surface area contributed by atoms with E-state index < -0.39 is 66.6 Å². The highest BCUT2D eigenvalue weighted by Gasteiger charge is 2.89. The van der Waals surface area contributed by atoms with Crippen molar-refractivity contribution < 1.29 is 54.1 Å². The number of alkyl halides is 8. The Balaban J connectivity index is 3.26. The lowest BCUT2D eigenvalue weighted by Gasteiger charge is -2.41. The second kappa shape index (κ2) is 7.17. The van der Waals surface area contributed by atoms with Gasteiger partial charge in [-0.3, -0.25) is 0 Å². The van der Waals surface area contributed by atoms with Gasteiger partial charge in [0, 0.05) is 12.8 Å². The van der Waals surface area contributed by atoms with Crippen LogP contribution in [0.15, 0.2) is 0 Å². The lowest BCUT2D eigenvalue weighted by Crippen LogP contribution is -2.67. The van der Waals surface area contributed by atoms with Crippen molar-refractivity contribution in [3.8, 4) is 0 Å². The fourth-order valence-corrected chi connectivity index (χ4v) is 3.21. The number of halogens is 8. The average Bonchev–Trinajstić information content (AvgIpc) is 2.63. The van der Waals surface area contributed by atoms with Crippen LogP contribution in [0.5, 0.6) is 0 Å². The van der Waals surface area contributed by atoms with E-state index in [1.54, 1.807) is 0 Å². The molecule has 1 fully saturated rings. The molecule has 12 heteroatoms. The van der Waals surface area contributed by atoms with Gasteiger partial charge in [-0.2, -0.15) is 22.0 Å². The minimum atomic E-state index is -5.94. The third kappa shape index (κ3) is 3.88. The lowest BCUT2D eigenvalue weighted by molar-refractivity contribution is -0.375. The van der Waals surface area contributed by atoms with Crippen molar-refractivity contribution in [2.24, 2.45) is 5.92 Å². The third-order valence-electron chi connectivity index (χ3n) is 4.52. The van der Waals surface area contributed by atoms with Gasteiger partial charge >= 0.3 is 18.3 Å². The van der Waals surface area contributed by atoms with E-state index in [1.165, 1.54) is 20.8 Å². The second-order valence-corrected chi connectivity index (χ2v) is 7.68. The van der Waals surface area contributed by atoms with Gasteiger partial charge in [0.1, 0.15) is 5.60 Å². The molecule has 0 spiro atoms. The summed E-state index contributed by atoms with van der Waals surface area (Å²) < 4.78 is 125. The van der Waals surface area contributed by atoms with Crippen LogP contribution in [0.25, 0.3) is 0 Å². The molecule has 3 unspecified atom stereocenters. The highest BCUT2D eigenvalue weighted by atomic mass is 19.4. The molecule has 0 radical (unpaired) electrons. The summed E-state index contributed by atoms with van der Waals surface area (Å²) in [5.74, 6) is -12.8. The average molecular weight is 430 g/mol. The molecule has 1 saturated carbocycles. The van der Waals surface area contributed by atoms with Crippen LogP contribution in [0.4, 0.5) is 39.9 Å². The van der Waals surface area contributed by atoms with Crippen molar-refractivity contribution in [3.63, 3.8) is 0 Å². The fourth-order valence-electron chi connectivity index (χ4n) is 3.21. The van der Waals surface area contributed by atoms with Gasteiger partial charge in [-0.05, 0) is 33.6 Å². The molecule has 1 aliphatic rings. The first-order valence-electron chi connectivity index (χ1n) is 8.28. The predicted molar refractivity (Wildman–Crippen MR) is 79.9 cm³/mol. The zero-order valence-corrected chi connectivity index (χ0v) is 15.9. The summed E-state index contributed by atoms with van der Waals surface area (Å²) in [6, 6.07) is 0. The maximum Gasteiger partial charge on any atom is 0.510 e. The molecule has 1 aliphatic carbocycles. The van der Waals surface area contributed by atoms with E-state index >= 15 is 0 Å². The van der Waals surface area contributed by atoms with Crippen LogP contribution in [0, 0.1) is 5.92 Å². The highest BCUT2D eigenvalue weighted by Crippen LogP contribution is 2.67. The van der Waals surface area contributed by atoms with Gasteiger partial charge in [0.15, 0.2) is 6.79 Å². The van der Waals surface area contributed by atoms with Gasteiger partial charge in [-0.25, -0.2) is 18.0 Å². The van der Waals surface area contributed by atoms with E-state index in [0.717, 1.165) is 6.92 Å². The van der Waals surface area contributed by atoms with Crippen LogP contribution in [-0.4, -0.2) is 47.8 Å². The molecule has 0 amide bonds. The van der Waals surface area contributed by atoms with Crippen LogP contribution in [-0.2, 0) is 14.2 Å². The molecule has 4 nitrogen and oxygen atoms in total. The SMILES string of the molecule is CCC1CC(OCOC(=O)OC(C)(C)C)(C(F)(F)F)C(F)(F)C1(F)C(C)(F)F. The van der Waals surface area contributed by atoms with Crippen LogP contribution in [0.1, 0.15) is 47.5 Å². The van der Waals surface area contributed by atoms with Crippen LogP contribution >= 0.6 is 0 Å². The van der Waals surface area contributed by atoms with Crippen molar-refractivity contribution in [1.82, 2.24) is 0 Å². The van der Waals surface area contributed by atoms with E-state index in [-0.39, 0.29) is 6.92 Å².